The molecule has 0 aliphatic carbocycles. The Hall–Kier alpha value is -3.97. The predicted molar refractivity (Wildman–Crippen MR) is 154 cm³/mol. The number of nitrogens with one attached hydrogen (secondary N) is 2. The number of methoxy groups -OCH3 is 1. The molecule has 222 valence electrons. The molecule has 41 heavy (non-hydrogen) atoms. The standard InChI is InChI=1S/C28H40N8O5/c1-4-6-14-41-26-33-23(29)22-24(34-26)36(27(39)32-22)28(30)12-13-35(17-28)20(7-5-2)25(38)31-16-19-10-8-18(9-11-19)15-21(37)40-3/h8-11,20H,4-7,12-17,30H2,1-3H3,(H,31,38)(H,32,39)(H2,29,33,34)/t20?,28-/m1/s1. The van der Waals surface area contributed by atoms with E-state index < -0.39 is 17.4 Å². The fraction of sp³-hybridized carbons (Fsp3) is 0.536. The summed E-state index contributed by atoms with van der Waals surface area (Å²) in [6.45, 7) is 5.65. The largest absolute Gasteiger partial charge is 0.469 e. The van der Waals surface area contributed by atoms with Crippen LogP contribution in [0.3, 0.4) is 0 Å². The number of imidazole rings is 1. The average Bonchev–Trinajstić information content (AvgIpc) is 3.51. The lowest BCUT2D eigenvalue weighted by Crippen LogP contribution is -2.52. The number of fused-ring (bicyclic) bond motifs is 1. The van der Waals surface area contributed by atoms with Crippen LogP contribution in [0.25, 0.3) is 11.2 Å². The molecule has 1 aliphatic rings. The maximum absolute atomic E-state index is 13.4. The van der Waals surface area contributed by atoms with E-state index in [-0.39, 0.29) is 42.3 Å². The molecule has 6 N–H and O–H groups in total. The number of nitrogens with zero attached hydrogens (tertiary/aromatic N) is 4. The molecule has 0 saturated carbocycles. The lowest BCUT2D eigenvalue weighted by molar-refractivity contribution is -0.139. The van der Waals surface area contributed by atoms with E-state index in [0.29, 0.717) is 38.1 Å². The number of aromatic nitrogens is 4. The Kier molecular flexibility index (Phi) is 9.61. The first-order valence-electron chi connectivity index (χ1n) is 14.1. The maximum Gasteiger partial charge on any atom is 0.329 e. The molecule has 1 fully saturated rings. The third-order valence-corrected chi connectivity index (χ3v) is 7.40. The van der Waals surface area contributed by atoms with E-state index in [1.165, 1.54) is 11.7 Å². The highest BCUT2D eigenvalue weighted by atomic mass is 16.5. The zero-order valence-corrected chi connectivity index (χ0v) is 23.9. The van der Waals surface area contributed by atoms with Crippen molar-refractivity contribution in [2.75, 3.05) is 32.5 Å². The van der Waals surface area contributed by atoms with Gasteiger partial charge in [0.25, 0.3) is 0 Å². The maximum atomic E-state index is 13.4. The number of aromatic amines is 1. The summed E-state index contributed by atoms with van der Waals surface area (Å²) >= 11 is 0. The summed E-state index contributed by atoms with van der Waals surface area (Å²) in [7, 11) is 1.36. The number of ether oxygens (including phenoxy) is 2. The SMILES string of the molecule is CCCCOc1nc(N)c2[nH]c(=O)n([C@]3(N)CCN(C(CCC)C(=O)NCc4ccc(CC(=O)OC)cc4)C3)c2n1. The molecule has 1 unspecified atom stereocenters. The van der Waals surface area contributed by atoms with E-state index in [1.807, 2.05) is 43.0 Å². The highest BCUT2D eigenvalue weighted by Crippen LogP contribution is 2.29. The Bertz CT molecular complexity index is 1420. The topological polar surface area (TPSA) is 183 Å². The van der Waals surface area contributed by atoms with Gasteiger partial charge in [-0.1, -0.05) is 51.0 Å². The third kappa shape index (κ3) is 6.85. The van der Waals surface area contributed by atoms with Crippen LogP contribution in [0.2, 0.25) is 0 Å². The fourth-order valence-electron chi connectivity index (χ4n) is 5.14. The molecular formula is C28H40N8O5. The first-order valence-corrected chi connectivity index (χ1v) is 14.1. The number of H-pyrrole nitrogens is 1. The van der Waals surface area contributed by atoms with Crippen LogP contribution in [0.5, 0.6) is 6.01 Å². The number of hydrogen-bond acceptors (Lipinski definition) is 10. The number of carbonyl (C=O) groups is 2. The Morgan fingerprint density at radius 1 is 1.17 bits per heavy atom. The van der Waals surface area contributed by atoms with Crippen LogP contribution in [0.15, 0.2) is 29.1 Å². The number of esters is 1. The summed E-state index contributed by atoms with van der Waals surface area (Å²) in [6.07, 6.45) is 3.84. The van der Waals surface area contributed by atoms with Crippen molar-refractivity contribution in [3.05, 3.63) is 45.9 Å². The molecule has 4 rings (SSSR count). The van der Waals surface area contributed by atoms with Crippen LogP contribution < -0.4 is 27.2 Å². The normalized spacial score (nSPS) is 18.0. The van der Waals surface area contributed by atoms with Crippen LogP contribution in [-0.2, 0) is 33.0 Å². The number of nitrogen functional groups attached to an aromatic ring is 1. The molecule has 0 spiro atoms. The molecule has 1 aromatic carbocycles. The molecule has 1 aliphatic heterocycles. The van der Waals surface area contributed by atoms with Crippen molar-refractivity contribution in [1.29, 1.82) is 0 Å². The van der Waals surface area contributed by atoms with E-state index in [9.17, 15) is 14.4 Å². The predicted octanol–water partition coefficient (Wildman–Crippen LogP) is 1.40. The number of hydrogen-bond donors (Lipinski definition) is 4. The Morgan fingerprint density at radius 2 is 1.90 bits per heavy atom. The van der Waals surface area contributed by atoms with Gasteiger partial charge in [-0.3, -0.25) is 19.1 Å². The molecule has 1 amide bonds. The molecule has 13 heteroatoms. The van der Waals surface area contributed by atoms with Crippen LogP contribution >= 0.6 is 0 Å². The number of carbonyl (C=O) groups excluding carboxylic acids is 2. The van der Waals surface area contributed by atoms with Gasteiger partial charge in [-0.05, 0) is 30.4 Å². The average molecular weight is 569 g/mol. The number of amides is 1. The molecule has 1 saturated heterocycles. The number of nitrogens with two attached hydrogens (primary N) is 2. The van der Waals surface area contributed by atoms with Gasteiger partial charge in [0.05, 0.1) is 26.2 Å². The number of rotatable bonds is 13. The number of unbranched alkanes of at least 4 members (excludes halogenated alkanes) is 1. The van der Waals surface area contributed by atoms with Crippen molar-refractivity contribution < 1.29 is 19.1 Å². The van der Waals surface area contributed by atoms with Crippen molar-refractivity contribution in [2.24, 2.45) is 5.73 Å². The lowest BCUT2D eigenvalue weighted by Gasteiger charge is -2.30. The minimum absolute atomic E-state index is 0.0937. The van der Waals surface area contributed by atoms with E-state index in [1.54, 1.807) is 0 Å². The second-order valence-electron chi connectivity index (χ2n) is 10.5. The van der Waals surface area contributed by atoms with Crippen molar-refractivity contribution >= 4 is 28.9 Å². The summed E-state index contributed by atoms with van der Waals surface area (Å²) < 4.78 is 11.8. The number of benzene rings is 1. The lowest BCUT2D eigenvalue weighted by atomic mass is 10.1. The molecule has 3 aromatic rings. The van der Waals surface area contributed by atoms with Gasteiger partial charge in [0.1, 0.15) is 11.2 Å². The Balaban J connectivity index is 1.48. The first-order chi connectivity index (χ1) is 19.7. The van der Waals surface area contributed by atoms with Crippen LogP contribution in [0.1, 0.15) is 57.1 Å². The third-order valence-electron chi connectivity index (χ3n) is 7.40. The minimum Gasteiger partial charge on any atom is -0.469 e. The molecule has 13 nitrogen and oxygen atoms in total. The van der Waals surface area contributed by atoms with E-state index in [0.717, 1.165) is 30.4 Å². The second-order valence-corrected chi connectivity index (χ2v) is 10.5. The molecule has 0 bridgehead atoms. The highest BCUT2D eigenvalue weighted by molar-refractivity contribution is 5.83. The Morgan fingerprint density at radius 3 is 2.59 bits per heavy atom. The summed E-state index contributed by atoms with van der Waals surface area (Å²) in [6, 6.07) is 7.13. The van der Waals surface area contributed by atoms with Gasteiger partial charge in [0.15, 0.2) is 11.5 Å². The van der Waals surface area contributed by atoms with E-state index in [2.05, 4.69) is 20.3 Å². The quantitative estimate of drug-likeness (QED) is 0.174. The highest BCUT2D eigenvalue weighted by Gasteiger charge is 2.43. The molecular weight excluding hydrogens is 528 g/mol. The zero-order valence-electron chi connectivity index (χ0n) is 23.9. The molecule has 0 radical (unpaired) electrons. The smallest absolute Gasteiger partial charge is 0.329 e. The van der Waals surface area contributed by atoms with Gasteiger partial charge in [-0.15, -0.1) is 0 Å². The van der Waals surface area contributed by atoms with Crippen LogP contribution in [0.4, 0.5) is 5.82 Å². The second kappa shape index (κ2) is 13.1. The number of likely N-dealkylation sites (tertiary alicyclic amines) is 1. The van der Waals surface area contributed by atoms with Gasteiger partial charge in [-0.2, -0.15) is 9.97 Å². The number of anilines is 1. The van der Waals surface area contributed by atoms with Crippen molar-refractivity contribution in [1.82, 2.24) is 29.7 Å². The van der Waals surface area contributed by atoms with Crippen LogP contribution in [-0.4, -0.2) is 69.1 Å². The van der Waals surface area contributed by atoms with Gasteiger partial charge in [0, 0.05) is 19.6 Å². The van der Waals surface area contributed by atoms with Gasteiger partial charge in [0.2, 0.25) is 5.91 Å². The summed E-state index contributed by atoms with van der Waals surface area (Å²) in [4.78, 5) is 51.3. The van der Waals surface area contributed by atoms with Crippen molar-refractivity contribution in [2.45, 2.75) is 70.6 Å². The minimum atomic E-state index is -1.11. The zero-order chi connectivity index (χ0) is 29.6. The Labute approximate surface area is 238 Å². The van der Waals surface area contributed by atoms with E-state index >= 15 is 0 Å². The first kappa shape index (κ1) is 30.0. The molecule has 2 atom stereocenters. The molecule has 3 heterocycles. The van der Waals surface area contributed by atoms with Gasteiger partial charge < -0.3 is 31.2 Å². The van der Waals surface area contributed by atoms with E-state index in [4.69, 9.17) is 20.9 Å². The molecule has 2 aromatic heterocycles. The van der Waals surface area contributed by atoms with Crippen molar-refractivity contribution in [3.8, 4) is 6.01 Å². The van der Waals surface area contributed by atoms with Gasteiger partial charge in [-0.25, -0.2) is 4.79 Å². The monoisotopic (exact) mass is 568 g/mol. The van der Waals surface area contributed by atoms with Gasteiger partial charge >= 0.3 is 17.7 Å². The summed E-state index contributed by atoms with van der Waals surface area (Å²) in [5.41, 5.74) is 13.8. The van der Waals surface area contributed by atoms with Crippen molar-refractivity contribution in [3.63, 3.8) is 0 Å². The van der Waals surface area contributed by atoms with Crippen LogP contribution in [0, 0.1) is 0 Å². The fourth-order valence-corrected chi connectivity index (χ4v) is 5.14. The summed E-state index contributed by atoms with van der Waals surface area (Å²) in [5, 5.41) is 3.03. The summed E-state index contributed by atoms with van der Waals surface area (Å²) in [5.74, 6) is -0.307.